The van der Waals surface area contributed by atoms with Gasteiger partial charge in [-0.1, -0.05) is 29.8 Å². The van der Waals surface area contributed by atoms with Crippen LogP contribution in [0.5, 0.6) is 5.75 Å². The van der Waals surface area contributed by atoms with Crippen LogP contribution in [0.4, 0.5) is 5.69 Å². The maximum Gasteiger partial charge on any atom is 0.226 e. The Labute approximate surface area is 199 Å². The molecule has 7 nitrogen and oxygen atoms in total. The van der Waals surface area contributed by atoms with E-state index in [1.165, 1.54) is 5.56 Å². The van der Waals surface area contributed by atoms with Crippen molar-refractivity contribution in [2.75, 3.05) is 38.1 Å². The van der Waals surface area contributed by atoms with Gasteiger partial charge in [0.1, 0.15) is 12.0 Å². The number of phenols is 1. The number of hydrogen-bond donors (Lipinski definition) is 2. The summed E-state index contributed by atoms with van der Waals surface area (Å²) in [7, 11) is 1.79. The number of aliphatic imine (C=N–C) groups is 1. The number of hydrogen-bond acceptors (Lipinski definition) is 5. The zero-order valence-corrected chi connectivity index (χ0v) is 20.1. The minimum absolute atomic E-state index is 0. The molecule has 2 heterocycles. The van der Waals surface area contributed by atoms with E-state index in [9.17, 15) is 5.11 Å². The summed E-state index contributed by atoms with van der Waals surface area (Å²) in [6.45, 7) is 5.88. The third kappa shape index (κ3) is 5.49. The summed E-state index contributed by atoms with van der Waals surface area (Å²) in [6, 6.07) is 15.6. The SMILES string of the molecule is CN=C(NCc1coc(-c2ccc(C)cc2)n1)N1CCN(c2ccccc2O)CC1.I. The van der Waals surface area contributed by atoms with Gasteiger partial charge in [-0.2, -0.15) is 0 Å². The maximum absolute atomic E-state index is 10.1. The van der Waals surface area contributed by atoms with Gasteiger partial charge in [-0.05, 0) is 31.2 Å². The molecule has 0 amide bonds. The number of aromatic nitrogens is 1. The van der Waals surface area contributed by atoms with Crippen molar-refractivity contribution in [1.82, 2.24) is 15.2 Å². The van der Waals surface area contributed by atoms with Crippen LogP contribution in [0.25, 0.3) is 11.5 Å². The first kappa shape index (κ1) is 22.9. The lowest BCUT2D eigenvalue weighted by molar-refractivity contribution is 0.369. The quantitative estimate of drug-likeness (QED) is 0.301. The van der Waals surface area contributed by atoms with Crippen LogP contribution in [0.1, 0.15) is 11.3 Å². The second kappa shape index (κ2) is 10.5. The van der Waals surface area contributed by atoms with Gasteiger partial charge in [-0.25, -0.2) is 4.98 Å². The molecule has 0 bridgehead atoms. The van der Waals surface area contributed by atoms with E-state index in [0.29, 0.717) is 18.2 Å². The number of oxazole rings is 1. The number of para-hydroxylation sites is 2. The highest BCUT2D eigenvalue weighted by Gasteiger charge is 2.21. The summed E-state index contributed by atoms with van der Waals surface area (Å²) < 4.78 is 5.64. The second-order valence-corrected chi connectivity index (χ2v) is 7.37. The van der Waals surface area contributed by atoms with Gasteiger partial charge in [0.15, 0.2) is 5.96 Å². The van der Waals surface area contributed by atoms with Crippen LogP contribution in [0, 0.1) is 6.92 Å². The van der Waals surface area contributed by atoms with E-state index in [0.717, 1.165) is 49.1 Å². The molecule has 0 saturated carbocycles. The summed E-state index contributed by atoms with van der Waals surface area (Å²) in [5.74, 6) is 1.79. The highest BCUT2D eigenvalue weighted by molar-refractivity contribution is 14.0. The number of anilines is 1. The number of aryl methyl sites for hydroxylation is 1. The number of rotatable bonds is 4. The average Bonchev–Trinajstić information content (AvgIpc) is 3.25. The highest BCUT2D eigenvalue weighted by Crippen LogP contribution is 2.27. The summed E-state index contributed by atoms with van der Waals surface area (Å²) in [6.07, 6.45) is 1.69. The van der Waals surface area contributed by atoms with Crippen LogP contribution in [0.2, 0.25) is 0 Å². The molecule has 0 aliphatic carbocycles. The van der Waals surface area contributed by atoms with Crippen molar-refractivity contribution < 1.29 is 9.52 Å². The normalized spacial score (nSPS) is 14.3. The van der Waals surface area contributed by atoms with E-state index in [4.69, 9.17) is 4.42 Å². The molecule has 164 valence electrons. The summed E-state index contributed by atoms with van der Waals surface area (Å²) in [4.78, 5) is 13.4. The predicted octanol–water partition coefficient (Wildman–Crippen LogP) is 3.87. The van der Waals surface area contributed by atoms with Gasteiger partial charge in [0, 0.05) is 38.8 Å². The molecule has 1 fully saturated rings. The van der Waals surface area contributed by atoms with Crippen LogP contribution in [0.15, 0.2) is 64.2 Å². The van der Waals surface area contributed by atoms with Crippen molar-refractivity contribution in [3.05, 3.63) is 66.1 Å². The number of halogens is 1. The first-order valence-corrected chi connectivity index (χ1v) is 10.1. The molecule has 0 radical (unpaired) electrons. The fourth-order valence-electron chi connectivity index (χ4n) is 3.61. The van der Waals surface area contributed by atoms with Crippen molar-refractivity contribution >= 4 is 35.6 Å². The molecule has 2 aromatic carbocycles. The molecule has 1 aromatic heterocycles. The fourth-order valence-corrected chi connectivity index (χ4v) is 3.61. The van der Waals surface area contributed by atoms with Gasteiger partial charge in [0.05, 0.1) is 17.9 Å². The Morgan fingerprint density at radius 1 is 1.10 bits per heavy atom. The van der Waals surface area contributed by atoms with Crippen LogP contribution in [0.3, 0.4) is 0 Å². The molecular formula is C23H28IN5O2. The first-order chi connectivity index (χ1) is 14.6. The van der Waals surface area contributed by atoms with Crippen LogP contribution < -0.4 is 10.2 Å². The number of phenolic OH excluding ortho intramolecular Hbond substituents is 1. The Balaban J connectivity index is 0.00000272. The first-order valence-electron chi connectivity index (χ1n) is 10.1. The van der Waals surface area contributed by atoms with Crippen LogP contribution in [-0.4, -0.2) is 54.2 Å². The lowest BCUT2D eigenvalue weighted by Gasteiger charge is -2.37. The van der Waals surface area contributed by atoms with Gasteiger partial charge in [-0.3, -0.25) is 4.99 Å². The highest BCUT2D eigenvalue weighted by atomic mass is 127. The Kier molecular flexibility index (Phi) is 7.78. The molecule has 3 aromatic rings. The summed E-state index contributed by atoms with van der Waals surface area (Å²) in [5, 5.41) is 13.5. The van der Waals surface area contributed by atoms with Crippen molar-refractivity contribution in [3.63, 3.8) is 0 Å². The van der Waals surface area contributed by atoms with Gasteiger partial charge in [0.25, 0.3) is 0 Å². The summed E-state index contributed by atoms with van der Waals surface area (Å²) >= 11 is 0. The molecule has 31 heavy (non-hydrogen) atoms. The minimum atomic E-state index is 0. The Morgan fingerprint density at radius 3 is 2.48 bits per heavy atom. The van der Waals surface area contributed by atoms with Gasteiger partial charge < -0.3 is 24.6 Å². The smallest absolute Gasteiger partial charge is 0.226 e. The van der Waals surface area contributed by atoms with E-state index in [1.54, 1.807) is 19.4 Å². The van der Waals surface area contributed by atoms with E-state index in [1.807, 2.05) is 42.5 Å². The predicted molar refractivity (Wildman–Crippen MR) is 134 cm³/mol. The molecule has 2 N–H and O–H groups in total. The Hall–Kier alpha value is -2.75. The number of aromatic hydroxyl groups is 1. The molecule has 0 unspecified atom stereocenters. The molecule has 4 rings (SSSR count). The number of nitrogens with zero attached hydrogens (tertiary/aromatic N) is 4. The Bertz CT molecular complexity index is 1010. The zero-order valence-electron chi connectivity index (χ0n) is 17.8. The second-order valence-electron chi connectivity index (χ2n) is 7.37. The number of guanidine groups is 1. The molecule has 0 atom stereocenters. The fraction of sp³-hybridized carbons (Fsp3) is 0.304. The molecule has 8 heteroatoms. The summed E-state index contributed by atoms with van der Waals surface area (Å²) in [5.41, 5.74) is 3.89. The molecule has 0 spiro atoms. The lowest BCUT2D eigenvalue weighted by Crippen LogP contribution is -2.52. The monoisotopic (exact) mass is 533 g/mol. The largest absolute Gasteiger partial charge is 0.506 e. The lowest BCUT2D eigenvalue weighted by atomic mass is 10.1. The van der Waals surface area contributed by atoms with Crippen molar-refractivity contribution in [2.24, 2.45) is 4.99 Å². The van der Waals surface area contributed by atoms with Crippen LogP contribution >= 0.6 is 24.0 Å². The van der Waals surface area contributed by atoms with Gasteiger partial charge in [0.2, 0.25) is 5.89 Å². The molecule has 1 aliphatic rings. The third-order valence-electron chi connectivity index (χ3n) is 5.29. The van der Waals surface area contributed by atoms with E-state index < -0.39 is 0 Å². The number of nitrogens with one attached hydrogen (secondary N) is 1. The number of benzene rings is 2. The zero-order chi connectivity index (χ0) is 20.9. The van der Waals surface area contributed by atoms with E-state index >= 15 is 0 Å². The van der Waals surface area contributed by atoms with Crippen molar-refractivity contribution in [1.29, 1.82) is 0 Å². The van der Waals surface area contributed by atoms with Crippen molar-refractivity contribution in [3.8, 4) is 17.2 Å². The third-order valence-corrected chi connectivity index (χ3v) is 5.29. The number of piperazine rings is 1. The van der Waals surface area contributed by atoms with Crippen LogP contribution in [-0.2, 0) is 6.54 Å². The molecular weight excluding hydrogens is 505 g/mol. The van der Waals surface area contributed by atoms with Gasteiger partial charge >= 0.3 is 0 Å². The average molecular weight is 533 g/mol. The Morgan fingerprint density at radius 2 is 1.81 bits per heavy atom. The van der Waals surface area contributed by atoms with E-state index in [-0.39, 0.29) is 24.0 Å². The van der Waals surface area contributed by atoms with Gasteiger partial charge in [-0.15, -0.1) is 24.0 Å². The van der Waals surface area contributed by atoms with Crippen molar-refractivity contribution in [2.45, 2.75) is 13.5 Å². The van der Waals surface area contributed by atoms with E-state index in [2.05, 4.69) is 32.0 Å². The topological polar surface area (TPSA) is 77.1 Å². The maximum atomic E-state index is 10.1. The molecule has 1 saturated heterocycles. The minimum Gasteiger partial charge on any atom is -0.506 e. The standard InChI is InChI=1S/C23H27N5O2.HI/c1-17-7-9-18(10-8-17)22-26-19(16-30-22)15-25-23(24-2)28-13-11-27(12-14-28)20-5-3-4-6-21(20)29;/h3-10,16,29H,11-15H2,1-2H3,(H,24,25);1H. The molecule has 1 aliphatic heterocycles.